The zero-order valence-electron chi connectivity index (χ0n) is 11.7. The number of fused-ring (bicyclic) bond motifs is 1. The third-order valence-corrected chi connectivity index (χ3v) is 4.79. The Morgan fingerprint density at radius 1 is 1.33 bits per heavy atom. The molecule has 3 nitrogen and oxygen atoms in total. The summed E-state index contributed by atoms with van der Waals surface area (Å²) in [4.78, 5) is 12.6. The van der Waals surface area contributed by atoms with Crippen molar-refractivity contribution in [2.75, 3.05) is 6.61 Å². The molecule has 3 rings (SSSR count). The summed E-state index contributed by atoms with van der Waals surface area (Å²) in [6.07, 6.45) is 0.967. The molecule has 1 aliphatic heterocycles. The van der Waals surface area contributed by atoms with Gasteiger partial charge in [0.1, 0.15) is 17.9 Å². The summed E-state index contributed by atoms with van der Waals surface area (Å²) in [6.45, 7) is 2.39. The largest absolute Gasteiger partial charge is 0.492 e. The Hall–Kier alpha value is -1.94. The van der Waals surface area contributed by atoms with E-state index in [1.807, 2.05) is 25.1 Å². The molecule has 0 aliphatic carbocycles. The molecule has 2 aromatic carbocycles. The lowest BCUT2D eigenvalue weighted by Gasteiger charge is -2.13. The molecule has 1 aliphatic rings. The van der Waals surface area contributed by atoms with E-state index in [-0.39, 0.29) is 5.56 Å². The van der Waals surface area contributed by atoms with E-state index in [1.54, 1.807) is 23.9 Å². The average molecular weight is 300 g/mol. The normalized spacial score (nSPS) is 16.5. The molecule has 2 aromatic rings. The van der Waals surface area contributed by atoms with Crippen LogP contribution in [0.5, 0.6) is 5.75 Å². The van der Waals surface area contributed by atoms with Gasteiger partial charge in [-0.2, -0.15) is 0 Å². The molecule has 1 unspecified atom stereocenters. The predicted octanol–water partition coefficient (Wildman–Crippen LogP) is 3.79. The van der Waals surface area contributed by atoms with Gasteiger partial charge in [0.05, 0.1) is 0 Å². The molecule has 21 heavy (non-hydrogen) atoms. The van der Waals surface area contributed by atoms with Crippen LogP contribution in [0.1, 0.15) is 21.5 Å². The summed E-state index contributed by atoms with van der Waals surface area (Å²) >= 11 is 1.80. The Kier molecular flexibility index (Phi) is 3.88. The maximum Gasteiger partial charge on any atom is 0.339 e. The number of aromatic carboxylic acids is 1. The number of aryl methyl sites for hydroxylation is 1. The van der Waals surface area contributed by atoms with Gasteiger partial charge in [-0.1, -0.05) is 29.8 Å². The topological polar surface area (TPSA) is 46.5 Å². The van der Waals surface area contributed by atoms with E-state index in [2.05, 4.69) is 12.1 Å². The van der Waals surface area contributed by atoms with E-state index < -0.39 is 5.97 Å². The van der Waals surface area contributed by atoms with Crippen molar-refractivity contribution in [2.24, 2.45) is 0 Å². The lowest BCUT2D eigenvalue weighted by molar-refractivity contribution is 0.0692. The van der Waals surface area contributed by atoms with Crippen LogP contribution in [0.4, 0.5) is 0 Å². The Balaban J connectivity index is 1.68. The maximum atomic E-state index is 11.3. The quantitative estimate of drug-likeness (QED) is 0.933. The number of hydrogen-bond acceptors (Lipinski definition) is 3. The van der Waals surface area contributed by atoms with Crippen LogP contribution in [0.2, 0.25) is 0 Å². The number of rotatable bonds is 4. The number of hydrogen-bond donors (Lipinski definition) is 1. The molecule has 0 bridgehead atoms. The monoisotopic (exact) mass is 300 g/mol. The van der Waals surface area contributed by atoms with Crippen LogP contribution >= 0.6 is 11.8 Å². The zero-order valence-corrected chi connectivity index (χ0v) is 12.5. The highest BCUT2D eigenvalue weighted by molar-refractivity contribution is 8.00. The Morgan fingerprint density at radius 3 is 2.90 bits per heavy atom. The minimum atomic E-state index is -0.948. The fourth-order valence-electron chi connectivity index (χ4n) is 2.47. The molecule has 1 heterocycles. The van der Waals surface area contributed by atoms with Crippen molar-refractivity contribution >= 4 is 17.7 Å². The fraction of sp³-hybridized carbons (Fsp3) is 0.235. The maximum absolute atomic E-state index is 11.3. The first-order valence-corrected chi connectivity index (χ1v) is 7.73. The first-order valence-electron chi connectivity index (χ1n) is 6.85. The van der Waals surface area contributed by atoms with Crippen LogP contribution < -0.4 is 4.74 Å². The van der Waals surface area contributed by atoms with E-state index in [0.717, 1.165) is 12.0 Å². The van der Waals surface area contributed by atoms with Crippen LogP contribution in [0, 0.1) is 6.92 Å². The van der Waals surface area contributed by atoms with E-state index in [1.165, 1.54) is 10.5 Å². The third kappa shape index (κ3) is 3.05. The van der Waals surface area contributed by atoms with Crippen molar-refractivity contribution in [2.45, 2.75) is 23.5 Å². The molecule has 0 spiro atoms. The average Bonchev–Trinajstić information content (AvgIpc) is 2.88. The highest BCUT2D eigenvalue weighted by atomic mass is 32.2. The first kappa shape index (κ1) is 14.0. The molecule has 1 N–H and O–H groups in total. The zero-order chi connectivity index (χ0) is 14.8. The minimum Gasteiger partial charge on any atom is -0.492 e. The van der Waals surface area contributed by atoms with Crippen molar-refractivity contribution < 1.29 is 14.6 Å². The Bertz CT molecular complexity index is 656. The highest BCUT2D eigenvalue weighted by Crippen LogP contribution is 2.37. The first-order chi connectivity index (χ1) is 10.1. The van der Waals surface area contributed by atoms with Gasteiger partial charge < -0.3 is 9.84 Å². The molecule has 0 fully saturated rings. The van der Waals surface area contributed by atoms with Gasteiger partial charge in [-0.3, -0.25) is 0 Å². The lowest BCUT2D eigenvalue weighted by atomic mass is 10.1. The van der Waals surface area contributed by atoms with E-state index in [9.17, 15) is 9.90 Å². The molecular weight excluding hydrogens is 284 g/mol. The molecule has 0 saturated heterocycles. The van der Waals surface area contributed by atoms with Crippen LogP contribution in [-0.4, -0.2) is 22.9 Å². The summed E-state index contributed by atoms with van der Waals surface area (Å²) in [5, 5.41) is 9.58. The van der Waals surface area contributed by atoms with E-state index in [4.69, 9.17) is 4.74 Å². The summed E-state index contributed by atoms with van der Waals surface area (Å²) in [6, 6.07) is 13.6. The van der Waals surface area contributed by atoms with Gasteiger partial charge in [0, 0.05) is 10.1 Å². The van der Waals surface area contributed by atoms with Gasteiger partial charge >= 0.3 is 5.97 Å². The molecule has 108 valence electrons. The van der Waals surface area contributed by atoms with Crippen LogP contribution in [-0.2, 0) is 6.42 Å². The van der Waals surface area contributed by atoms with E-state index >= 15 is 0 Å². The van der Waals surface area contributed by atoms with Gasteiger partial charge in [-0.25, -0.2) is 4.79 Å². The molecular formula is C17H16O3S. The Labute approximate surface area is 127 Å². The second-order valence-electron chi connectivity index (χ2n) is 5.17. The van der Waals surface area contributed by atoms with Gasteiger partial charge in [0.2, 0.25) is 0 Å². The number of benzene rings is 2. The number of carbonyl (C=O) groups is 1. The molecule has 1 atom stereocenters. The minimum absolute atomic E-state index is 0.232. The molecule has 0 radical (unpaired) electrons. The van der Waals surface area contributed by atoms with Gasteiger partial charge in [-0.05, 0) is 37.1 Å². The SMILES string of the molecule is Cc1ccc(OCC2Cc3ccccc3S2)c(C(=O)O)c1. The molecule has 0 amide bonds. The molecule has 4 heteroatoms. The molecule has 0 aromatic heterocycles. The van der Waals surface area contributed by atoms with Gasteiger partial charge in [-0.15, -0.1) is 11.8 Å². The van der Waals surface area contributed by atoms with Crippen LogP contribution in [0.3, 0.4) is 0 Å². The van der Waals surface area contributed by atoms with Crippen molar-refractivity contribution in [3.05, 3.63) is 59.2 Å². The summed E-state index contributed by atoms with van der Waals surface area (Å²) in [5.74, 6) is -0.499. The van der Waals surface area contributed by atoms with Gasteiger partial charge in [0.15, 0.2) is 0 Å². The van der Waals surface area contributed by atoms with Crippen molar-refractivity contribution in [1.29, 1.82) is 0 Å². The van der Waals surface area contributed by atoms with Crippen molar-refractivity contribution in [3.63, 3.8) is 0 Å². The summed E-state index contributed by atoms with van der Waals surface area (Å²) < 4.78 is 5.77. The fourth-order valence-corrected chi connectivity index (χ4v) is 3.68. The van der Waals surface area contributed by atoms with Crippen molar-refractivity contribution in [1.82, 2.24) is 0 Å². The lowest BCUT2D eigenvalue weighted by Crippen LogP contribution is -2.15. The van der Waals surface area contributed by atoms with Crippen LogP contribution in [0.15, 0.2) is 47.4 Å². The number of carboxylic acids is 1. The van der Waals surface area contributed by atoms with Crippen LogP contribution in [0.25, 0.3) is 0 Å². The number of carboxylic acid groups (broad SMARTS) is 1. The summed E-state index contributed by atoms with van der Waals surface area (Å²) in [7, 11) is 0. The Morgan fingerprint density at radius 2 is 2.14 bits per heavy atom. The van der Waals surface area contributed by atoms with Gasteiger partial charge in [0.25, 0.3) is 0 Å². The van der Waals surface area contributed by atoms with E-state index in [0.29, 0.717) is 17.6 Å². The molecule has 0 saturated carbocycles. The number of thioether (sulfide) groups is 1. The highest BCUT2D eigenvalue weighted by Gasteiger charge is 2.23. The second-order valence-corrected chi connectivity index (χ2v) is 6.51. The smallest absolute Gasteiger partial charge is 0.339 e. The van der Waals surface area contributed by atoms with Crippen molar-refractivity contribution in [3.8, 4) is 5.75 Å². The third-order valence-electron chi connectivity index (χ3n) is 3.50. The standard InChI is InChI=1S/C17H16O3S/c1-11-6-7-15(14(8-11)17(18)19)20-10-13-9-12-4-2-3-5-16(12)21-13/h2-8,13H,9-10H2,1H3,(H,18,19). The number of ether oxygens (including phenoxy) is 1. The second kappa shape index (κ2) is 5.82. The predicted molar refractivity (Wildman–Crippen MR) is 83.4 cm³/mol. The summed E-state index contributed by atoms with van der Waals surface area (Å²) in [5.41, 5.74) is 2.50.